The molecule has 142 valence electrons. The average Bonchev–Trinajstić information content (AvgIpc) is 2.86. The summed E-state index contributed by atoms with van der Waals surface area (Å²) in [4.78, 5) is 7.23. The Labute approximate surface area is 165 Å². The number of likely N-dealkylation sites (tertiary alicyclic amines) is 1. The van der Waals surface area contributed by atoms with Crippen molar-refractivity contribution in [1.82, 2.24) is 10.2 Å². The van der Waals surface area contributed by atoms with Gasteiger partial charge in [0.1, 0.15) is 9.84 Å². The smallest absolute Gasteiger partial charge is 0.193 e. The Bertz CT molecular complexity index is 542. The van der Waals surface area contributed by atoms with Gasteiger partial charge >= 0.3 is 0 Å². The van der Waals surface area contributed by atoms with E-state index in [9.17, 15) is 8.42 Å². The second kappa shape index (κ2) is 8.56. The fraction of sp³-hybridized carbons (Fsp3) is 0.941. The van der Waals surface area contributed by atoms with E-state index in [1.54, 1.807) is 0 Å². The van der Waals surface area contributed by atoms with Crippen molar-refractivity contribution in [2.75, 3.05) is 38.2 Å². The van der Waals surface area contributed by atoms with E-state index >= 15 is 0 Å². The van der Waals surface area contributed by atoms with Crippen molar-refractivity contribution in [1.29, 1.82) is 0 Å². The molecule has 0 amide bonds. The van der Waals surface area contributed by atoms with E-state index in [0.29, 0.717) is 18.4 Å². The summed E-state index contributed by atoms with van der Waals surface area (Å²) >= 11 is 0. The van der Waals surface area contributed by atoms with Crippen LogP contribution in [0.4, 0.5) is 0 Å². The van der Waals surface area contributed by atoms with Gasteiger partial charge in [0, 0.05) is 32.4 Å². The molecule has 2 rings (SSSR count). The van der Waals surface area contributed by atoms with Gasteiger partial charge in [0.05, 0.1) is 5.75 Å². The SMILES string of the molecule is CCNC(=NCC(C)(C)CCS(C)(=O)=O)N1CCC2(CCC2)C1.I. The molecule has 1 saturated heterocycles. The summed E-state index contributed by atoms with van der Waals surface area (Å²) in [5.41, 5.74) is 0.458. The lowest BCUT2D eigenvalue weighted by molar-refractivity contribution is 0.151. The zero-order chi connectivity index (χ0) is 17.1. The third-order valence-electron chi connectivity index (χ3n) is 5.29. The number of hydrogen-bond acceptors (Lipinski definition) is 3. The molecule has 0 radical (unpaired) electrons. The summed E-state index contributed by atoms with van der Waals surface area (Å²) in [5.74, 6) is 1.24. The Morgan fingerprint density at radius 2 is 1.96 bits per heavy atom. The summed E-state index contributed by atoms with van der Waals surface area (Å²) in [5, 5.41) is 3.41. The largest absolute Gasteiger partial charge is 0.357 e. The lowest BCUT2D eigenvalue weighted by atomic mass is 9.68. The summed E-state index contributed by atoms with van der Waals surface area (Å²) in [6, 6.07) is 0. The maximum atomic E-state index is 11.4. The van der Waals surface area contributed by atoms with E-state index in [4.69, 9.17) is 4.99 Å². The molecule has 0 bridgehead atoms. The molecule has 7 heteroatoms. The zero-order valence-corrected chi connectivity index (χ0v) is 18.7. The molecule has 1 saturated carbocycles. The van der Waals surface area contributed by atoms with Crippen molar-refractivity contribution in [2.24, 2.45) is 15.8 Å². The lowest BCUT2D eigenvalue weighted by Gasteiger charge is -2.38. The van der Waals surface area contributed by atoms with E-state index in [-0.39, 0.29) is 35.1 Å². The highest BCUT2D eigenvalue weighted by Gasteiger charge is 2.43. The van der Waals surface area contributed by atoms with Crippen molar-refractivity contribution >= 4 is 39.8 Å². The van der Waals surface area contributed by atoms with Gasteiger partial charge in [-0.15, -0.1) is 24.0 Å². The fourth-order valence-corrected chi connectivity index (χ4v) is 4.38. The summed E-state index contributed by atoms with van der Waals surface area (Å²) in [7, 11) is -2.91. The second-order valence-corrected chi connectivity index (χ2v) is 10.5. The molecule has 1 aliphatic carbocycles. The summed E-state index contributed by atoms with van der Waals surface area (Å²) < 4.78 is 22.8. The highest BCUT2D eigenvalue weighted by molar-refractivity contribution is 14.0. The van der Waals surface area contributed by atoms with Crippen LogP contribution in [-0.2, 0) is 9.84 Å². The van der Waals surface area contributed by atoms with Crippen LogP contribution in [0.15, 0.2) is 4.99 Å². The molecule has 24 heavy (non-hydrogen) atoms. The number of nitrogens with one attached hydrogen (secondary N) is 1. The van der Waals surface area contributed by atoms with Crippen LogP contribution in [0.25, 0.3) is 0 Å². The third-order valence-corrected chi connectivity index (χ3v) is 6.24. The summed E-state index contributed by atoms with van der Waals surface area (Å²) in [6.45, 7) is 10.0. The molecule has 1 heterocycles. The molecule has 0 atom stereocenters. The van der Waals surface area contributed by atoms with E-state index in [0.717, 1.165) is 25.6 Å². The number of aliphatic imine (C=N–C) groups is 1. The predicted octanol–water partition coefficient (Wildman–Crippen LogP) is 2.91. The van der Waals surface area contributed by atoms with Gasteiger partial charge in [-0.25, -0.2) is 8.42 Å². The Morgan fingerprint density at radius 1 is 1.29 bits per heavy atom. The zero-order valence-electron chi connectivity index (χ0n) is 15.6. The van der Waals surface area contributed by atoms with Crippen LogP contribution in [0.2, 0.25) is 0 Å². The van der Waals surface area contributed by atoms with Crippen LogP contribution in [0.1, 0.15) is 52.9 Å². The minimum Gasteiger partial charge on any atom is -0.357 e. The molecule has 1 N–H and O–H groups in total. The molecular weight excluding hydrogens is 437 g/mol. The minimum atomic E-state index is -2.91. The van der Waals surface area contributed by atoms with Crippen LogP contribution in [0.5, 0.6) is 0 Å². The van der Waals surface area contributed by atoms with Gasteiger partial charge in [0.25, 0.3) is 0 Å². The van der Waals surface area contributed by atoms with E-state index < -0.39 is 9.84 Å². The van der Waals surface area contributed by atoms with Crippen molar-refractivity contribution < 1.29 is 8.42 Å². The fourth-order valence-electron chi connectivity index (χ4n) is 3.46. The number of rotatable bonds is 6. The van der Waals surface area contributed by atoms with Gasteiger partial charge in [-0.1, -0.05) is 20.3 Å². The minimum absolute atomic E-state index is 0. The van der Waals surface area contributed by atoms with Crippen LogP contribution in [0.3, 0.4) is 0 Å². The van der Waals surface area contributed by atoms with Gasteiger partial charge in [0.2, 0.25) is 0 Å². The van der Waals surface area contributed by atoms with Crippen molar-refractivity contribution in [3.8, 4) is 0 Å². The molecular formula is C17H34IN3O2S. The number of guanidine groups is 1. The van der Waals surface area contributed by atoms with Gasteiger partial charge in [-0.05, 0) is 43.4 Å². The van der Waals surface area contributed by atoms with Gasteiger partial charge in [-0.3, -0.25) is 4.99 Å². The first-order valence-electron chi connectivity index (χ1n) is 8.86. The first-order chi connectivity index (χ1) is 10.6. The molecule has 1 spiro atoms. The number of nitrogens with zero attached hydrogens (tertiary/aromatic N) is 2. The molecule has 5 nitrogen and oxygen atoms in total. The highest BCUT2D eigenvalue weighted by atomic mass is 127. The number of halogens is 1. The van der Waals surface area contributed by atoms with Crippen molar-refractivity contribution in [3.63, 3.8) is 0 Å². The predicted molar refractivity (Wildman–Crippen MR) is 112 cm³/mol. The van der Waals surface area contributed by atoms with Gasteiger partial charge in [-0.2, -0.15) is 0 Å². The van der Waals surface area contributed by atoms with Crippen LogP contribution in [0, 0.1) is 10.8 Å². The molecule has 2 fully saturated rings. The topological polar surface area (TPSA) is 61.8 Å². The summed E-state index contributed by atoms with van der Waals surface area (Å²) in [6.07, 6.45) is 7.35. The lowest BCUT2D eigenvalue weighted by Crippen LogP contribution is -2.43. The maximum Gasteiger partial charge on any atom is 0.193 e. The molecule has 0 aromatic carbocycles. The quantitative estimate of drug-likeness (QED) is 0.368. The molecule has 0 unspecified atom stereocenters. The first kappa shape index (κ1) is 22.0. The Balaban J connectivity index is 0.00000288. The molecule has 2 aliphatic rings. The van der Waals surface area contributed by atoms with Crippen LogP contribution in [-0.4, -0.2) is 57.5 Å². The molecule has 0 aromatic heterocycles. The number of hydrogen-bond donors (Lipinski definition) is 1. The van der Waals surface area contributed by atoms with Crippen LogP contribution < -0.4 is 5.32 Å². The maximum absolute atomic E-state index is 11.4. The van der Waals surface area contributed by atoms with Gasteiger partial charge < -0.3 is 10.2 Å². The monoisotopic (exact) mass is 471 g/mol. The Hall–Kier alpha value is -0.0500. The molecule has 0 aromatic rings. The average molecular weight is 471 g/mol. The first-order valence-corrected chi connectivity index (χ1v) is 10.9. The Morgan fingerprint density at radius 3 is 2.42 bits per heavy atom. The van der Waals surface area contributed by atoms with Crippen LogP contribution >= 0.6 is 24.0 Å². The van der Waals surface area contributed by atoms with E-state index in [2.05, 4.69) is 31.0 Å². The van der Waals surface area contributed by atoms with Gasteiger partial charge in [0.15, 0.2) is 5.96 Å². The normalized spacial score (nSPS) is 20.7. The van der Waals surface area contributed by atoms with Crippen molar-refractivity contribution in [3.05, 3.63) is 0 Å². The van der Waals surface area contributed by atoms with E-state index in [1.165, 1.54) is 31.9 Å². The Kier molecular flexibility index (Phi) is 7.84. The standard InChI is InChI=1S/C17H33N3O2S.HI/c1-5-18-15(20-11-9-17(14-20)7-6-8-17)19-13-16(2,3)10-12-23(4,21)22;/h5-14H2,1-4H3,(H,18,19);1H. The number of sulfone groups is 1. The molecule has 1 aliphatic heterocycles. The van der Waals surface area contributed by atoms with E-state index in [1.807, 2.05) is 0 Å². The highest BCUT2D eigenvalue weighted by Crippen LogP contribution is 2.47. The third kappa shape index (κ3) is 6.35. The second-order valence-electron chi connectivity index (χ2n) is 8.24. The van der Waals surface area contributed by atoms with Crippen molar-refractivity contribution in [2.45, 2.75) is 52.9 Å².